The highest BCUT2D eigenvalue weighted by Crippen LogP contribution is 2.07. The van der Waals surface area contributed by atoms with E-state index in [1.54, 1.807) is 0 Å². The van der Waals surface area contributed by atoms with Gasteiger partial charge in [-0.25, -0.2) is 4.39 Å². The fraction of sp³-hybridized carbons (Fsp3) is 0.600. The normalized spacial score (nSPS) is 25.6. The Labute approximate surface area is 42.2 Å². The van der Waals surface area contributed by atoms with Gasteiger partial charge in [-0.05, 0) is 12.8 Å². The second kappa shape index (κ2) is 1.96. The molecule has 0 spiro atoms. The highest BCUT2D eigenvalue weighted by atomic mass is 19.1. The number of hydrogen-bond acceptors (Lipinski definition) is 1. The molecule has 0 radical (unpaired) electrons. The lowest BCUT2D eigenvalue weighted by atomic mass is 10.3. The van der Waals surface area contributed by atoms with Gasteiger partial charge in [0, 0.05) is 12.2 Å². The predicted octanol–water partition coefficient (Wildman–Crippen LogP) is 1.18. The average Bonchev–Trinajstić information content (AvgIpc) is 2.14. The second-order valence-corrected chi connectivity index (χ2v) is 1.66. The Bertz CT molecular complexity index is 80.1. The quantitative estimate of drug-likeness (QED) is 0.483. The third-order valence-electron chi connectivity index (χ3n) is 1.11. The van der Waals surface area contributed by atoms with Gasteiger partial charge in [-0.3, -0.25) is 0 Å². The minimum absolute atomic E-state index is 0.646. The Morgan fingerprint density at radius 2 is 2.57 bits per heavy atom. The summed E-state index contributed by atoms with van der Waals surface area (Å²) in [6.45, 7) is 0.940. The number of hydrogen-bond donors (Lipinski definition) is 1. The molecule has 1 saturated heterocycles. The number of allylic oxidation sites excluding steroid dienone is 1. The molecule has 7 heavy (non-hydrogen) atoms. The molecular formula is C5H8FN. The third kappa shape index (κ3) is 0.918. The third-order valence-corrected chi connectivity index (χ3v) is 1.11. The first kappa shape index (κ1) is 4.62. The van der Waals surface area contributed by atoms with E-state index in [4.69, 9.17) is 0 Å². The summed E-state index contributed by atoms with van der Waals surface area (Å²) < 4.78 is 11.5. The largest absolute Gasteiger partial charge is 0.386 e. The van der Waals surface area contributed by atoms with Crippen LogP contribution in [-0.2, 0) is 0 Å². The van der Waals surface area contributed by atoms with Gasteiger partial charge >= 0.3 is 0 Å². The molecule has 1 rings (SSSR count). The maximum Gasteiger partial charge on any atom is 0.106 e. The van der Waals surface area contributed by atoms with Crippen molar-refractivity contribution in [3.8, 4) is 0 Å². The van der Waals surface area contributed by atoms with Gasteiger partial charge in [0.15, 0.2) is 0 Å². The van der Waals surface area contributed by atoms with E-state index in [1.807, 2.05) is 0 Å². The molecule has 0 bridgehead atoms. The number of rotatable bonds is 0. The van der Waals surface area contributed by atoms with Crippen LogP contribution in [0.2, 0.25) is 0 Å². The van der Waals surface area contributed by atoms with Crippen LogP contribution >= 0.6 is 0 Å². The topological polar surface area (TPSA) is 12.0 Å². The van der Waals surface area contributed by atoms with Crippen molar-refractivity contribution < 1.29 is 4.39 Å². The molecule has 0 aromatic heterocycles. The molecule has 1 aliphatic heterocycles. The molecule has 1 nitrogen and oxygen atoms in total. The van der Waals surface area contributed by atoms with Crippen LogP contribution in [0.5, 0.6) is 0 Å². The minimum atomic E-state index is 0.646. The maximum absolute atomic E-state index is 11.5. The van der Waals surface area contributed by atoms with E-state index in [2.05, 4.69) is 5.32 Å². The molecule has 0 unspecified atom stereocenters. The van der Waals surface area contributed by atoms with Gasteiger partial charge in [-0.15, -0.1) is 0 Å². The maximum atomic E-state index is 11.5. The molecule has 0 aliphatic carbocycles. The lowest BCUT2D eigenvalue weighted by molar-refractivity contribution is 0.695. The van der Waals surface area contributed by atoms with Crippen LogP contribution in [0.15, 0.2) is 12.0 Å². The van der Waals surface area contributed by atoms with Crippen LogP contribution in [0.4, 0.5) is 4.39 Å². The molecule has 0 atom stereocenters. The Morgan fingerprint density at radius 1 is 1.71 bits per heavy atom. The molecular weight excluding hydrogens is 93.1 g/mol. The van der Waals surface area contributed by atoms with E-state index in [1.165, 1.54) is 0 Å². The zero-order valence-electron chi connectivity index (χ0n) is 4.08. The van der Waals surface area contributed by atoms with E-state index >= 15 is 0 Å². The van der Waals surface area contributed by atoms with E-state index in [9.17, 15) is 4.39 Å². The smallest absolute Gasteiger partial charge is 0.106 e. The molecule has 1 N–H and O–H groups in total. The molecule has 0 saturated carbocycles. The fourth-order valence-electron chi connectivity index (χ4n) is 0.709. The van der Waals surface area contributed by atoms with Crippen LogP contribution in [0.3, 0.4) is 0 Å². The lowest BCUT2D eigenvalue weighted by Gasteiger charge is -1.88. The van der Waals surface area contributed by atoms with Crippen molar-refractivity contribution in [2.24, 2.45) is 0 Å². The standard InChI is InChI=1S/C5H8FN/c6-4-5-2-1-3-7-5/h4,7H,1-3H2. The summed E-state index contributed by atoms with van der Waals surface area (Å²) in [5, 5.41) is 2.89. The molecule has 1 heterocycles. The van der Waals surface area contributed by atoms with E-state index in [0.29, 0.717) is 6.33 Å². The van der Waals surface area contributed by atoms with E-state index in [0.717, 1.165) is 25.1 Å². The van der Waals surface area contributed by atoms with Crippen molar-refractivity contribution in [1.82, 2.24) is 5.32 Å². The monoisotopic (exact) mass is 101 g/mol. The second-order valence-electron chi connectivity index (χ2n) is 1.66. The molecule has 0 aromatic rings. The van der Waals surface area contributed by atoms with Gasteiger partial charge in [0.25, 0.3) is 0 Å². The van der Waals surface area contributed by atoms with Gasteiger partial charge in [-0.2, -0.15) is 0 Å². The summed E-state index contributed by atoms with van der Waals surface area (Å²) >= 11 is 0. The molecule has 1 fully saturated rings. The summed E-state index contributed by atoms with van der Waals surface area (Å²) in [6, 6.07) is 0. The summed E-state index contributed by atoms with van der Waals surface area (Å²) in [7, 11) is 0. The van der Waals surface area contributed by atoms with Crippen molar-refractivity contribution in [3.05, 3.63) is 12.0 Å². The number of halogens is 1. The van der Waals surface area contributed by atoms with Crippen molar-refractivity contribution in [1.29, 1.82) is 0 Å². The first-order valence-corrected chi connectivity index (χ1v) is 2.46. The van der Waals surface area contributed by atoms with Crippen LogP contribution in [-0.4, -0.2) is 6.54 Å². The zero-order valence-corrected chi connectivity index (χ0v) is 4.08. The van der Waals surface area contributed by atoms with Gasteiger partial charge in [0.2, 0.25) is 0 Å². The highest BCUT2D eigenvalue weighted by Gasteiger charge is 2.02. The summed E-state index contributed by atoms with van der Waals surface area (Å²) in [4.78, 5) is 0. The predicted molar refractivity (Wildman–Crippen MR) is 26.4 cm³/mol. The molecule has 1 aliphatic rings. The SMILES string of the molecule is FC=C1CCCN1. The Morgan fingerprint density at radius 3 is 2.86 bits per heavy atom. The lowest BCUT2D eigenvalue weighted by Crippen LogP contribution is -2.01. The van der Waals surface area contributed by atoms with Crippen LogP contribution < -0.4 is 5.32 Å². The molecule has 2 heteroatoms. The Kier molecular flexibility index (Phi) is 1.29. The average molecular weight is 101 g/mol. The van der Waals surface area contributed by atoms with Gasteiger partial charge in [0.1, 0.15) is 6.33 Å². The van der Waals surface area contributed by atoms with Crippen LogP contribution in [0.25, 0.3) is 0 Å². The van der Waals surface area contributed by atoms with Crippen LogP contribution in [0.1, 0.15) is 12.8 Å². The van der Waals surface area contributed by atoms with Crippen molar-refractivity contribution in [2.75, 3.05) is 6.54 Å². The highest BCUT2D eigenvalue weighted by molar-refractivity contribution is 4.98. The molecule has 40 valence electrons. The Hall–Kier alpha value is -0.530. The van der Waals surface area contributed by atoms with Gasteiger partial charge < -0.3 is 5.32 Å². The molecule has 0 aromatic carbocycles. The fourth-order valence-corrected chi connectivity index (χ4v) is 0.709. The first-order chi connectivity index (χ1) is 3.43. The number of nitrogens with one attached hydrogen (secondary N) is 1. The van der Waals surface area contributed by atoms with Crippen molar-refractivity contribution in [2.45, 2.75) is 12.8 Å². The van der Waals surface area contributed by atoms with E-state index < -0.39 is 0 Å². The summed E-state index contributed by atoms with van der Waals surface area (Å²) in [5.74, 6) is 0. The van der Waals surface area contributed by atoms with E-state index in [-0.39, 0.29) is 0 Å². The first-order valence-electron chi connectivity index (χ1n) is 2.46. The van der Waals surface area contributed by atoms with Gasteiger partial charge in [-0.1, -0.05) is 0 Å². The Balaban J connectivity index is 2.41. The van der Waals surface area contributed by atoms with Crippen molar-refractivity contribution >= 4 is 0 Å². The minimum Gasteiger partial charge on any atom is -0.386 e. The summed E-state index contributed by atoms with van der Waals surface area (Å²) in [5.41, 5.74) is 0.750. The summed E-state index contributed by atoms with van der Waals surface area (Å²) in [6.07, 6.45) is 2.61. The van der Waals surface area contributed by atoms with Gasteiger partial charge in [0.05, 0.1) is 0 Å². The molecule has 0 amide bonds. The zero-order chi connectivity index (χ0) is 5.11. The van der Waals surface area contributed by atoms with Crippen LogP contribution in [0, 0.1) is 0 Å². The van der Waals surface area contributed by atoms with Crippen molar-refractivity contribution in [3.63, 3.8) is 0 Å².